The molecule has 2 saturated heterocycles. The summed E-state index contributed by atoms with van der Waals surface area (Å²) in [5.74, 6) is 0. The number of hydrogen-bond acceptors (Lipinski definition) is 4. The number of fused-ring (bicyclic) bond motifs is 2. The molecule has 0 saturated carbocycles. The van der Waals surface area contributed by atoms with Gasteiger partial charge in [-0.1, -0.05) is 13.3 Å². The summed E-state index contributed by atoms with van der Waals surface area (Å²) < 4.78 is 0. The number of rotatable bonds is 5. The smallest absolute Gasteiger partial charge is 0.0897 e. The van der Waals surface area contributed by atoms with Gasteiger partial charge in [-0.15, -0.1) is 11.3 Å². The van der Waals surface area contributed by atoms with Crippen LogP contribution in [0.4, 0.5) is 0 Å². The average Bonchev–Trinajstić information content (AvgIpc) is 2.82. The lowest BCUT2D eigenvalue weighted by atomic mass is 9.81. The predicted octanol–water partition coefficient (Wildman–Crippen LogP) is 3.34. The van der Waals surface area contributed by atoms with E-state index in [2.05, 4.69) is 34.4 Å². The molecular weight excluding hydrogens is 266 g/mol. The van der Waals surface area contributed by atoms with Crippen LogP contribution in [0.5, 0.6) is 0 Å². The highest BCUT2D eigenvalue weighted by molar-refractivity contribution is 7.09. The molecule has 2 aliphatic heterocycles. The lowest BCUT2D eigenvalue weighted by Gasteiger charge is -2.49. The van der Waals surface area contributed by atoms with Crippen LogP contribution in [0.3, 0.4) is 0 Å². The molecule has 3 nitrogen and oxygen atoms in total. The second-order valence-corrected chi connectivity index (χ2v) is 7.45. The van der Waals surface area contributed by atoms with Gasteiger partial charge in [-0.05, 0) is 45.6 Å². The molecule has 2 atom stereocenters. The minimum atomic E-state index is 0.749. The van der Waals surface area contributed by atoms with Gasteiger partial charge < -0.3 is 5.32 Å². The predicted molar refractivity (Wildman–Crippen MR) is 85.1 cm³/mol. The number of nitrogens with zero attached hydrogens (tertiary/aromatic N) is 2. The Morgan fingerprint density at radius 2 is 2.10 bits per heavy atom. The monoisotopic (exact) mass is 293 g/mol. The molecule has 1 aromatic heterocycles. The number of hydrogen-bond donors (Lipinski definition) is 1. The van der Waals surface area contributed by atoms with Gasteiger partial charge in [-0.25, -0.2) is 4.98 Å². The summed E-state index contributed by atoms with van der Waals surface area (Å²) in [6.07, 6.45) is 8.09. The van der Waals surface area contributed by atoms with E-state index < -0.39 is 0 Å². The fourth-order valence-corrected chi connectivity index (χ4v) is 4.52. The number of nitrogens with one attached hydrogen (secondary N) is 1. The van der Waals surface area contributed by atoms with E-state index in [1.165, 1.54) is 55.8 Å². The highest BCUT2D eigenvalue weighted by Crippen LogP contribution is 2.35. The van der Waals surface area contributed by atoms with Gasteiger partial charge in [-0.3, -0.25) is 4.90 Å². The van der Waals surface area contributed by atoms with E-state index in [-0.39, 0.29) is 0 Å². The molecule has 0 radical (unpaired) electrons. The van der Waals surface area contributed by atoms with Crippen LogP contribution in [-0.4, -0.2) is 34.6 Å². The molecule has 0 aliphatic carbocycles. The molecule has 2 fully saturated rings. The van der Waals surface area contributed by atoms with Gasteiger partial charge in [0.25, 0.3) is 0 Å². The number of thiazole rings is 1. The van der Waals surface area contributed by atoms with Crippen LogP contribution in [0.15, 0.2) is 5.38 Å². The summed E-state index contributed by atoms with van der Waals surface area (Å²) >= 11 is 1.78. The number of piperidine rings is 2. The molecule has 112 valence electrons. The van der Waals surface area contributed by atoms with E-state index >= 15 is 0 Å². The summed E-state index contributed by atoms with van der Waals surface area (Å²) in [4.78, 5) is 7.41. The SMILES string of the molecule is CCCNC1CC2CCCC(C1)N2Cc1csc(C)n1. The lowest BCUT2D eigenvalue weighted by molar-refractivity contribution is 0.0169. The molecule has 2 unspecified atom stereocenters. The molecule has 2 aliphatic rings. The Hall–Kier alpha value is -0.450. The molecule has 3 heterocycles. The summed E-state index contributed by atoms with van der Waals surface area (Å²) in [5, 5.41) is 7.19. The van der Waals surface area contributed by atoms with Crippen molar-refractivity contribution in [2.24, 2.45) is 0 Å². The molecule has 20 heavy (non-hydrogen) atoms. The van der Waals surface area contributed by atoms with Crippen molar-refractivity contribution in [1.82, 2.24) is 15.2 Å². The second kappa shape index (κ2) is 6.54. The first kappa shape index (κ1) is 14.5. The normalized spacial score (nSPS) is 30.6. The van der Waals surface area contributed by atoms with Crippen molar-refractivity contribution in [3.63, 3.8) is 0 Å². The molecule has 2 bridgehead atoms. The van der Waals surface area contributed by atoms with Gasteiger partial charge in [0.15, 0.2) is 0 Å². The average molecular weight is 293 g/mol. The zero-order valence-corrected chi connectivity index (χ0v) is 13.6. The molecular formula is C16H27N3S. The van der Waals surface area contributed by atoms with Gasteiger partial charge >= 0.3 is 0 Å². The topological polar surface area (TPSA) is 28.2 Å². The van der Waals surface area contributed by atoms with Crippen LogP contribution in [0, 0.1) is 6.92 Å². The van der Waals surface area contributed by atoms with Gasteiger partial charge in [0.05, 0.1) is 10.7 Å². The minimum Gasteiger partial charge on any atom is -0.314 e. The highest BCUT2D eigenvalue weighted by atomic mass is 32.1. The number of aryl methyl sites for hydroxylation is 1. The molecule has 0 amide bonds. The molecule has 1 N–H and O–H groups in total. The van der Waals surface area contributed by atoms with Crippen molar-refractivity contribution in [2.45, 2.75) is 77.0 Å². The Kier molecular flexibility index (Phi) is 4.74. The van der Waals surface area contributed by atoms with E-state index in [0.29, 0.717) is 0 Å². The first-order chi connectivity index (χ1) is 9.76. The van der Waals surface area contributed by atoms with Gasteiger partial charge in [-0.2, -0.15) is 0 Å². The van der Waals surface area contributed by atoms with Gasteiger partial charge in [0.2, 0.25) is 0 Å². The van der Waals surface area contributed by atoms with Gasteiger partial charge in [0, 0.05) is 30.1 Å². The van der Waals surface area contributed by atoms with Crippen molar-refractivity contribution < 1.29 is 0 Å². The number of aromatic nitrogens is 1. The maximum absolute atomic E-state index is 4.66. The quantitative estimate of drug-likeness (QED) is 0.902. The highest BCUT2D eigenvalue weighted by Gasteiger charge is 2.37. The summed E-state index contributed by atoms with van der Waals surface area (Å²) in [6, 6.07) is 2.30. The van der Waals surface area contributed by atoms with E-state index in [1.807, 2.05) is 0 Å². The van der Waals surface area contributed by atoms with E-state index in [4.69, 9.17) is 0 Å². The van der Waals surface area contributed by atoms with E-state index in [0.717, 1.165) is 24.7 Å². The van der Waals surface area contributed by atoms with Crippen LogP contribution in [-0.2, 0) is 6.54 Å². The minimum absolute atomic E-state index is 0.749. The third-order valence-corrected chi connectivity index (χ3v) is 5.64. The lowest BCUT2D eigenvalue weighted by Crippen LogP contribution is -2.55. The molecule has 0 aromatic carbocycles. The third kappa shape index (κ3) is 3.23. The summed E-state index contributed by atoms with van der Waals surface area (Å²) in [7, 11) is 0. The fourth-order valence-electron chi connectivity index (χ4n) is 3.92. The Labute approximate surface area is 126 Å². The van der Waals surface area contributed by atoms with Crippen molar-refractivity contribution in [1.29, 1.82) is 0 Å². The molecule has 1 aromatic rings. The third-order valence-electron chi connectivity index (χ3n) is 4.82. The molecule has 0 spiro atoms. The first-order valence-electron chi connectivity index (χ1n) is 8.16. The van der Waals surface area contributed by atoms with Crippen LogP contribution in [0.25, 0.3) is 0 Å². The van der Waals surface area contributed by atoms with Crippen LogP contribution in [0.1, 0.15) is 56.2 Å². The van der Waals surface area contributed by atoms with Gasteiger partial charge in [0.1, 0.15) is 0 Å². The Balaban J connectivity index is 1.64. The van der Waals surface area contributed by atoms with Crippen LogP contribution >= 0.6 is 11.3 Å². The van der Waals surface area contributed by atoms with Crippen molar-refractivity contribution >= 4 is 11.3 Å². The zero-order chi connectivity index (χ0) is 13.9. The maximum Gasteiger partial charge on any atom is 0.0897 e. The second-order valence-electron chi connectivity index (χ2n) is 6.39. The Morgan fingerprint density at radius 3 is 2.70 bits per heavy atom. The summed E-state index contributed by atoms with van der Waals surface area (Å²) in [5.41, 5.74) is 1.28. The largest absolute Gasteiger partial charge is 0.314 e. The molecule has 4 heteroatoms. The van der Waals surface area contributed by atoms with Crippen LogP contribution < -0.4 is 5.32 Å². The zero-order valence-electron chi connectivity index (χ0n) is 12.8. The van der Waals surface area contributed by atoms with E-state index in [1.54, 1.807) is 11.3 Å². The van der Waals surface area contributed by atoms with Crippen LogP contribution in [0.2, 0.25) is 0 Å². The van der Waals surface area contributed by atoms with Crippen molar-refractivity contribution in [3.8, 4) is 0 Å². The Morgan fingerprint density at radius 1 is 1.35 bits per heavy atom. The van der Waals surface area contributed by atoms with Crippen molar-refractivity contribution in [3.05, 3.63) is 16.1 Å². The Bertz CT molecular complexity index is 417. The summed E-state index contributed by atoms with van der Waals surface area (Å²) in [6.45, 7) is 6.61. The fraction of sp³-hybridized carbons (Fsp3) is 0.812. The maximum atomic E-state index is 4.66. The first-order valence-corrected chi connectivity index (χ1v) is 9.04. The van der Waals surface area contributed by atoms with E-state index in [9.17, 15) is 0 Å². The van der Waals surface area contributed by atoms with Crippen molar-refractivity contribution in [2.75, 3.05) is 6.54 Å². The standard InChI is InChI=1S/C16H27N3S/c1-3-7-17-13-8-15-5-4-6-16(9-13)19(15)10-14-11-20-12(2)18-14/h11,13,15-17H,3-10H2,1-2H3. The molecule has 3 rings (SSSR count).